The minimum Gasteiger partial charge on any atom is -0.326 e. The van der Waals surface area contributed by atoms with E-state index < -0.39 is 0 Å². The normalized spacial score (nSPS) is 13.3. The van der Waals surface area contributed by atoms with Gasteiger partial charge in [-0.2, -0.15) is 0 Å². The average Bonchev–Trinajstić information content (AvgIpc) is 2.48. The summed E-state index contributed by atoms with van der Waals surface area (Å²) in [6, 6.07) is 10.7. The van der Waals surface area contributed by atoms with Crippen LogP contribution in [0.1, 0.15) is 22.5 Å². The summed E-state index contributed by atoms with van der Waals surface area (Å²) in [4.78, 5) is 27.3. The Morgan fingerprint density at radius 1 is 1.20 bits per heavy atom. The first-order valence-electron chi connectivity index (χ1n) is 6.37. The Hall–Kier alpha value is -2.69. The fraction of sp³-hybridized carbons (Fsp3) is 0.133. The molecule has 5 heteroatoms. The van der Waals surface area contributed by atoms with Crippen LogP contribution in [0, 0.1) is 0 Å². The van der Waals surface area contributed by atoms with Gasteiger partial charge < -0.3 is 10.6 Å². The van der Waals surface area contributed by atoms with Crippen molar-refractivity contribution in [1.82, 2.24) is 4.98 Å². The molecule has 1 aromatic heterocycles. The Morgan fingerprint density at radius 2 is 2.10 bits per heavy atom. The average molecular weight is 267 g/mol. The number of carbonyl (C=O) groups excluding carboxylic acids is 2. The molecule has 0 radical (unpaired) electrons. The van der Waals surface area contributed by atoms with E-state index in [9.17, 15) is 9.59 Å². The molecule has 0 saturated heterocycles. The van der Waals surface area contributed by atoms with E-state index in [2.05, 4.69) is 15.6 Å². The number of amides is 2. The number of carbonyl (C=O) groups is 2. The van der Waals surface area contributed by atoms with Crippen molar-refractivity contribution in [3.63, 3.8) is 0 Å². The number of aryl methyl sites for hydroxylation is 1. The highest BCUT2D eigenvalue weighted by molar-refractivity contribution is 6.03. The lowest BCUT2D eigenvalue weighted by atomic mass is 10.0. The summed E-state index contributed by atoms with van der Waals surface area (Å²) in [7, 11) is 0. The molecule has 0 fully saturated rings. The number of aromatic nitrogens is 1. The second-order valence-electron chi connectivity index (χ2n) is 4.59. The molecule has 1 aromatic carbocycles. The van der Waals surface area contributed by atoms with E-state index in [1.165, 1.54) is 0 Å². The van der Waals surface area contributed by atoms with Gasteiger partial charge in [0.05, 0.1) is 0 Å². The van der Waals surface area contributed by atoms with Gasteiger partial charge in [0.1, 0.15) is 5.69 Å². The molecule has 2 aromatic rings. The molecule has 3 rings (SSSR count). The first-order valence-corrected chi connectivity index (χ1v) is 6.37. The number of anilines is 2. The third-order valence-electron chi connectivity index (χ3n) is 3.16. The lowest BCUT2D eigenvalue weighted by molar-refractivity contribution is -0.116. The number of nitrogens with zero attached hydrogens (tertiary/aromatic N) is 1. The molecule has 0 aliphatic carbocycles. The molecule has 2 heterocycles. The first kappa shape index (κ1) is 12.3. The van der Waals surface area contributed by atoms with E-state index >= 15 is 0 Å². The summed E-state index contributed by atoms with van der Waals surface area (Å²) in [5.74, 6) is -0.215. The third kappa shape index (κ3) is 2.51. The Morgan fingerprint density at radius 3 is 2.90 bits per heavy atom. The first-order chi connectivity index (χ1) is 9.72. The number of pyridine rings is 1. The van der Waals surface area contributed by atoms with E-state index in [1.54, 1.807) is 36.5 Å². The molecule has 2 amide bonds. The Kier molecular flexibility index (Phi) is 3.16. The Balaban J connectivity index is 1.79. The van der Waals surface area contributed by atoms with Crippen LogP contribution in [-0.2, 0) is 11.2 Å². The van der Waals surface area contributed by atoms with Gasteiger partial charge in [-0.3, -0.25) is 14.6 Å². The van der Waals surface area contributed by atoms with E-state index in [-0.39, 0.29) is 11.8 Å². The highest BCUT2D eigenvalue weighted by Gasteiger charge is 2.15. The summed E-state index contributed by atoms with van der Waals surface area (Å²) in [6.45, 7) is 0. The smallest absolute Gasteiger partial charge is 0.274 e. The molecule has 0 unspecified atom stereocenters. The number of nitrogens with one attached hydrogen (secondary N) is 2. The van der Waals surface area contributed by atoms with Gasteiger partial charge in [-0.1, -0.05) is 6.07 Å². The van der Waals surface area contributed by atoms with Crippen molar-refractivity contribution in [3.8, 4) is 0 Å². The Bertz CT molecular complexity index is 668. The second kappa shape index (κ2) is 5.13. The summed E-state index contributed by atoms with van der Waals surface area (Å²) < 4.78 is 0. The molecule has 20 heavy (non-hydrogen) atoms. The van der Waals surface area contributed by atoms with Crippen LogP contribution in [0.25, 0.3) is 0 Å². The quantitative estimate of drug-likeness (QED) is 0.876. The summed E-state index contributed by atoms with van der Waals surface area (Å²) >= 11 is 0. The van der Waals surface area contributed by atoms with Crippen molar-refractivity contribution >= 4 is 23.2 Å². The molecule has 0 atom stereocenters. The topological polar surface area (TPSA) is 71.1 Å². The minimum atomic E-state index is -0.245. The SMILES string of the molecule is O=C1CCc2cc(NC(=O)c3ccccn3)ccc2N1. The van der Waals surface area contributed by atoms with Crippen molar-refractivity contribution in [2.45, 2.75) is 12.8 Å². The van der Waals surface area contributed by atoms with Crippen LogP contribution in [-0.4, -0.2) is 16.8 Å². The van der Waals surface area contributed by atoms with E-state index in [4.69, 9.17) is 0 Å². The molecular formula is C15H13N3O2. The number of benzene rings is 1. The zero-order chi connectivity index (χ0) is 13.9. The van der Waals surface area contributed by atoms with Gasteiger partial charge in [-0.15, -0.1) is 0 Å². The molecule has 0 spiro atoms. The maximum Gasteiger partial charge on any atom is 0.274 e. The van der Waals surface area contributed by atoms with Crippen LogP contribution < -0.4 is 10.6 Å². The van der Waals surface area contributed by atoms with E-state index in [1.807, 2.05) is 6.07 Å². The van der Waals surface area contributed by atoms with Gasteiger partial charge in [-0.25, -0.2) is 0 Å². The molecule has 2 N–H and O–H groups in total. The zero-order valence-electron chi connectivity index (χ0n) is 10.7. The van der Waals surface area contributed by atoms with Gasteiger partial charge in [0.25, 0.3) is 5.91 Å². The van der Waals surface area contributed by atoms with E-state index in [0.29, 0.717) is 24.2 Å². The van der Waals surface area contributed by atoms with Gasteiger partial charge in [-0.05, 0) is 42.3 Å². The predicted molar refractivity (Wildman–Crippen MR) is 75.6 cm³/mol. The van der Waals surface area contributed by atoms with Crippen LogP contribution >= 0.6 is 0 Å². The standard InChI is InChI=1S/C15H13N3O2/c19-14-7-4-10-9-11(5-6-12(10)18-14)17-15(20)13-3-1-2-8-16-13/h1-3,5-6,8-9H,4,7H2,(H,17,20)(H,18,19). The van der Waals surface area contributed by atoms with Crippen molar-refractivity contribution in [3.05, 3.63) is 53.9 Å². The number of rotatable bonds is 2. The maximum atomic E-state index is 12.0. The Labute approximate surface area is 116 Å². The molecule has 1 aliphatic rings. The number of hydrogen-bond acceptors (Lipinski definition) is 3. The monoisotopic (exact) mass is 267 g/mol. The maximum absolute atomic E-state index is 12.0. The highest BCUT2D eigenvalue weighted by atomic mass is 16.2. The van der Waals surface area contributed by atoms with Crippen molar-refractivity contribution in [1.29, 1.82) is 0 Å². The summed E-state index contributed by atoms with van der Waals surface area (Å²) in [6.07, 6.45) is 2.75. The van der Waals surface area contributed by atoms with Crippen LogP contribution in [0.15, 0.2) is 42.6 Å². The fourth-order valence-corrected chi connectivity index (χ4v) is 2.15. The van der Waals surface area contributed by atoms with Gasteiger partial charge in [0, 0.05) is 24.0 Å². The lowest BCUT2D eigenvalue weighted by Gasteiger charge is -2.17. The van der Waals surface area contributed by atoms with Crippen LogP contribution in [0.4, 0.5) is 11.4 Å². The van der Waals surface area contributed by atoms with Crippen LogP contribution in [0.2, 0.25) is 0 Å². The summed E-state index contributed by atoms with van der Waals surface area (Å²) in [5, 5.41) is 5.61. The lowest BCUT2D eigenvalue weighted by Crippen LogP contribution is -2.19. The van der Waals surface area contributed by atoms with Gasteiger partial charge in [0.15, 0.2) is 0 Å². The van der Waals surface area contributed by atoms with Crippen LogP contribution in [0.5, 0.6) is 0 Å². The van der Waals surface area contributed by atoms with Crippen LogP contribution in [0.3, 0.4) is 0 Å². The van der Waals surface area contributed by atoms with Gasteiger partial charge in [0.2, 0.25) is 5.91 Å². The number of fused-ring (bicyclic) bond motifs is 1. The van der Waals surface area contributed by atoms with Crippen molar-refractivity contribution in [2.24, 2.45) is 0 Å². The molecular weight excluding hydrogens is 254 g/mol. The highest BCUT2D eigenvalue weighted by Crippen LogP contribution is 2.25. The fourth-order valence-electron chi connectivity index (χ4n) is 2.15. The van der Waals surface area contributed by atoms with Crippen molar-refractivity contribution < 1.29 is 9.59 Å². The minimum absolute atomic E-state index is 0.0303. The van der Waals surface area contributed by atoms with E-state index in [0.717, 1.165) is 11.3 Å². The largest absolute Gasteiger partial charge is 0.326 e. The van der Waals surface area contributed by atoms with Gasteiger partial charge >= 0.3 is 0 Å². The molecule has 0 saturated carbocycles. The zero-order valence-corrected chi connectivity index (χ0v) is 10.7. The molecule has 1 aliphatic heterocycles. The third-order valence-corrected chi connectivity index (χ3v) is 3.16. The van der Waals surface area contributed by atoms with Crippen molar-refractivity contribution in [2.75, 3.05) is 10.6 Å². The number of hydrogen-bond donors (Lipinski definition) is 2. The molecule has 100 valence electrons. The molecule has 0 bridgehead atoms. The molecule has 5 nitrogen and oxygen atoms in total. The summed E-state index contributed by atoms with van der Waals surface area (Å²) in [5.41, 5.74) is 2.93. The predicted octanol–water partition coefficient (Wildman–Crippen LogP) is 2.22. The second-order valence-corrected chi connectivity index (χ2v) is 4.59.